The fraction of sp³-hybridized carbons (Fsp3) is 0.125. The van der Waals surface area contributed by atoms with Crippen LogP contribution < -0.4 is 15.4 Å². The number of amides is 3. The number of urea groups is 1. The number of anilines is 1. The standard InChI is InChI=1S/C15H15N3O5S.CH4/c1-16-15(21)17-10-6-8-11(9-7-10)24(22,23)18-14(20)12-4-2-3-5-13(12)19;/h2-9,19H,1H3,(H,18,20)(H2,16,17,21);1H4. The van der Waals surface area contributed by atoms with E-state index in [9.17, 15) is 23.1 Å². The molecule has 2 rings (SSSR count). The molecule has 0 saturated heterocycles. The van der Waals surface area contributed by atoms with Crippen LogP contribution in [0.5, 0.6) is 5.75 Å². The Morgan fingerprint density at radius 3 is 2.16 bits per heavy atom. The van der Waals surface area contributed by atoms with Gasteiger partial charge in [-0.2, -0.15) is 0 Å². The Kier molecular flexibility index (Phi) is 6.52. The van der Waals surface area contributed by atoms with Gasteiger partial charge >= 0.3 is 6.03 Å². The minimum atomic E-state index is -4.11. The lowest BCUT2D eigenvalue weighted by Crippen LogP contribution is -2.30. The van der Waals surface area contributed by atoms with Crippen molar-refractivity contribution in [2.75, 3.05) is 12.4 Å². The molecule has 0 heterocycles. The summed E-state index contributed by atoms with van der Waals surface area (Å²) in [5.74, 6) is -1.27. The molecule has 0 atom stereocenters. The predicted octanol–water partition coefficient (Wildman–Crippen LogP) is 1.90. The van der Waals surface area contributed by atoms with Crippen molar-refractivity contribution in [2.24, 2.45) is 0 Å². The summed E-state index contributed by atoms with van der Waals surface area (Å²) < 4.78 is 26.3. The number of nitrogens with one attached hydrogen (secondary N) is 3. The van der Waals surface area contributed by atoms with Crippen LogP contribution in [0.15, 0.2) is 53.4 Å². The predicted molar refractivity (Wildman–Crippen MR) is 94.0 cm³/mol. The highest BCUT2D eigenvalue weighted by Crippen LogP contribution is 2.18. The van der Waals surface area contributed by atoms with Crippen molar-refractivity contribution in [1.82, 2.24) is 10.0 Å². The Labute approximate surface area is 145 Å². The molecule has 0 aliphatic heterocycles. The van der Waals surface area contributed by atoms with E-state index in [1.807, 2.05) is 4.72 Å². The zero-order chi connectivity index (χ0) is 17.7. The maximum absolute atomic E-state index is 12.2. The number of benzene rings is 2. The van der Waals surface area contributed by atoms with Crippen molar-refractivity contribution in [3.63, 3.8) is 0 Å². The first kappa shape index (κ1) is 20.0. The molecule has 9 heteroatoms. The van der Waals surface area contributed by atoms with Crippen molar-refractivity contribution in [3.05, 3.63) is 54.1 Å². The molecule has 0 bridgehead atoms. The van der Waals surface area contributed by atoms with Crippen molar-refractivity contribution >= 4 is 27.6 Å². The summed E-state index contributed by atoms with van der Waals surface area (Å²) in [4.78, 5) is 23.0. The second-order valence-electron chi connectivity index (χ2n) is 4.68. The second-order valence-corrected chi connectivity index (χ2v) is 6.36. The highest BCUT2D eigenvalue weighted by atomic mass is 32.2. The maximum Gasteiger partial charge on any atom is 0.318 e. The summed E-state index contributed by atoms with van der Waals surface area (Å²) in [5, 5.41) is 14.4. The Hall–Kier alpha value is -3.07. The van der Waals surface area contributed by atoms with Crippen LogP contribution in [0.25, 0.3) is 0 Å². The van der Waals surface area contributed by atoms with Crippen molar-refractivity contribution in [3.8, 4) is 5.75 Å². The zero-order valence-corrected chi connectivity index (χ0v) is 13.4. The summed E-state index contributed by atoms with van der Waals surface area (Å²) >= 11 is 0. The van der Waals surface area contributed by atoms with Gasteiger partial charge < -0.3 is 15.7 Å². The van der Waals surface area contributed by atoms with Gasteiger partial charge in [-0.05, 0) is 36.4 Å². The summed E-state index contributed by atoms with van der Waals surface area (Å²) in [6.07, 6.45) is 0. The van der Waals surface area contributed by atoms with Crippen molar-refractivity contribution < 1.29 is 23.1 Å². The van der Waals surface area contributed by atoms with Gasteiger partial charge in [0, 0.05) is 12.7 Å². The van der Waals surface area contributed by atoms with Crippen LogP contribution in [0, 0.1) is 0 Å². The van der Waals surface area contributed by atoms with E-state index in [0.717, 1.165) is 0 Å². The first-order valence-electron chi connectivity index (χ1n) is 6.77. The molecule has 25 heavy (non-hydrogen) atoms. The third kappa shape index (κ3) is 4.95. The van der Waals surface area contributed by atoms with Crippen LogP contribution in [0.4, 0.5) is 10.5 Å². The number of hydrogen-bond donors (Lipinski definition) is 4. The molecule has 0 aliphatic rings. The lowest BCUT2D eigenvalue weighted by molar-refractivity contribution is 0.0979. The van der Waals surface area contributed by atoms with E-state index in [-0.39, 0.29) is 23.6 Å². The second kappa shape index (κ2) is 8.15. The number of phenolic OH excluding ortho intramolecular Hbond substituents is 1. The highest BCUT2D eigenvalue weighted by Gasteiger charge is 2.20. The number of hydrogen-bond acceptors (Lipinski definition) is 5. The third-order valence-corrected chi connectivity index (χ3v) is 4.37. The van der Waals surface area contributed by atoms with E-state index in [0.29, 0.717) is 5.69 Å². The molecule has 3 amide bonds. The minimum Gasteiger partial charge on any atom is -0.507 e. The molecule has 134 valence electrons. The fourth-order valence-corrected chi connectivity index (χ4v) is 2.78. The molecular formula is C16H19N3O5S. The van der Waals surface area contributed by atoms with E-state index >= 15 is 0 Å². The number of sulfonamides is 1. The minimum absolute atomic E-state index is 0. The maximum atomic E-state index is 12.2. The molecule has 2 aromatic carbocycles. The van der Waals surface area contributed by atoms with E-state index in [2.05, 4.69) is 10.6 Å². The first-order chi connectivity index (χ1) is 11.3. The summed E-state index contributed by atoms with van der Waals surface area (Å²) in [7, 11) is -2.67. The molecule has 0 aliphatic carbocycles. The van der Waals surface area contributed by atoms with E-state index in [1.54, 1.807) is 0 Å². The monoisotopic (exact) mass is 365 g/mol. The van der Waals surface area contributed by atoms with Crippen LogP contribution >= 0.6 is 0 Å². The van der Waals surface area contributed by atoms with Gasteiger partial charge in [0.15, 0.2) is 0 Å². The molecule has 0 spiro atoms. The van der Waals surface area contributed by atoms with Crippen LogP contribution in [0.3, 0.4) is 0 Å². The van der Waals surface area contributed by atoms with Gasteiger partial charge in [0.25, 0.3) is 15.9 Å². The molecule has 8 nitrogen and oxygen atoms in total. The molecule has 4 N–H and O–H groups in total. The Morgan fingerprint density at radius 2 is 1.60 bits per heavy atom. The molecule has 0 fully saturated rings. The van der Waals surface area contributed by atoms with Gasteiger partial charge in [-0.25, -0.2) is 17.9 Å². The summed E-state index contributed by atoms with van der Waals surface area (Å²) in [6, 6.07) is 10.4. The van der Waals surface area contributed by atoms with Gasteiger partial charge in [0.1, 0.15) is 5.75 Å². The van der Waals surface area contributed by atoms with E-state index < -0.39 is 22.0 Å². The average molecular weight is 365 g/mol. The lowest BCUT2D eigenvalue weighted by atomic mass is 10.2. The largest absolute Gasteiger partial charge is 0.507 e. The van der Waals surface area contributed by atoms with Gasteiger partial charge in [0.05, 0.1) is 10.5 Å². The normalized spacial score (nSPS) is 10.3. The molecule has 0 unspecified atom stereocenters. The Bertz CT molecular complexity index is 864. The number of para-hydroxylation sites is 1. The van der Waals surface area contributed by atoms with Crippen LogP contribution in [-0.4, -0.2) is 32.5 Å². The number of aromatic hydroxyl groups is 1. The number of carbonyl (C=O) groups is 2. The molecule has 0 radical (unpaired) electrons. The first-order valence-corrected chi connectivity index (χ1v) is 8.26. The van der Waals surface area contributed by atoms with Crippen molar-refractivity contribution in [2.45, 2.75) is 12.3 Å². The molecular weight excluding hydrogens is 346 g/mol. The van der Waals surface area contributed by atoms with E-state index in [4.69, 9.17) is 0 Å². The third-order valence-electron chi connectivity index (χ3n) is 3.03. The lowest BCUT2D eigenvalue weighted by Gasteiger charge is -2.09. The SMILES string of the molecule is C.CNC(=O)Nc1ccc(S(=O)(=O)NC(=O)c2ccccc2O)cc1. The Balaban J connectivity index is 0.00000312. The number of rotatable bonds is 4. The topological polar surface area (TPSA) is 125 Å². The highest BCUT2D eigenvalue weighted by molar-refractivity contribution is 7.90. The van der Waals surface area contributed by atoms with Gasteiger partial charge in [0.2, 0.25) is 0 Å². The molecule has 0 aromatic heterocycles. The van der Waals surface area contributed by atoms with Crippen LogP contribution in [-0.2, 0) is 10.0 Å². The number of phenols is 1. The smallest absolute Gasteiger partial charge is 0.318 e. The summed E-state index contributed by atoms with van der Waals surface area (Å²) in [5.41, 5.74) is 0.235. The Morgan fingerprint density at radius 1 is 1.00 bits per heavy atom. The average Bonchev–Trinajstić information content (AvgIpc) is 2.55. The zero-order valence-electron chi connectivity index (χ0n) is 12.6. The van der Waals surface area contributed by atoms with Crippen LogP contribution in [0.1, 0.15) is 17.8 Å². The van der Waals surface area contributed by atoms with Crippen LogP contribution in [0.2, 0.25) is 0 Å². The van der Waals surface area contributed by atoms with Gasteiger partial charge in [-0.3, -0.25) is 4.79 Å². The number of carbonyl (C=O) groups excluding carboxylic acids is 2. The van der Waals surface area contributed by atoms with E-state index in [1.165, 1.54) is 55.6 Å². The summed E-state index contributed by atoms with van der Waals surface area (Å²) in [6.45, 7) is 0. The van der Waals surface area contributed by atoms with Gasteiger partial charge in [-0.1, -0.05) is 19.6 Å². The quantitative estimate of drug-likeness (QED) is 0.659. The molecule has 2 aromatic rings. The van der Waals surface area contributed by atoms with Crippen molar-refractivity contribution in [1.29, 1.82) is 0 Å². The molecule has 0 saturated carbocycles. The fourth-order valence-electron chi connectivity index (χ4n) is 1.81. The van der Waals surface area contributed by atoms with Gasteiger partial charge in [-0.15, -0.1) is 0 Å².